The van der Waals surface area contributed by atoms with Gasteiger partial charge >= 0.3 is 0 Å². The smallest absolute Gasteiger partial charge is 0.236 e. The first-order valence-corrected chi connectivity index (χ1v) is 11.0. The van der Waals surface area contributed by atoms with Gasteiger partial charge in [-0.15, -0.1) is 0 Å². The zero-order valence-corrected chi connectivity index (χ0v) is 19.0. The fourth-order valence-electron chi connectivity index (χ4n) is 3.99. The van der Waals surface area contributed by atoms with Crippen molar-refractivity contribution in [1.82, 2.24) is 24.5 Å². The molecule has 2 aromatic carbocycles. The standard InChI is InChI=1S/C25H30FN5O/c1-19-6-4-9-23(14-19)31-17-21(25(27-31)20-7-5-8-22(26)15-20)16-29-10-12-30(13-11-29)18-24(32)28(2)3/h4-9,14-15,17H,10-13,16,18H2,1-3H3. The molecule has 168 valence electrons. The number of likely N-dealkylation sites (N-methyl/N-ethyl adjacent to an activating group) is 1. The maximum absolute atomic E-state index is 13.9. The van der Waals surface area contributed by atoms with Gasteiger partial charge in [0, 0.05) is 64.1 Å². The lowest BCUT2D eigenvalue weighted by molar-refractivity contribution is -0.130. The number of rotatable bonds is 6. The van der Waals surface area contributed by atoms with Crippen LogP contribution in [0.4, 0.5) is 4.39 Å². The summed E-state index contributed by atoms with van der Waals surface area (Å²) in [6.45, 7) is 6.69. The number of piperazine rings is 1. The van der Waals surface area contributed by atoms with Crippen LogP contribution in [-0.4, -0.2) is 77.2 Å². The Morgan fingerprint density at radius 3 is 2.44 bits per heavy atom. The zero-order chi connectivity index (χ0) is 22.7. The van der Waals surface area contributed by atoms with Crippen LogP contribution in [-0.2, 0) is 11.3 Å². The van der Waals surface area contributed by atoms with E-state index in [9.17, 15) is 9.18 Å². The van der Waals surface area contributed by atoms with Gasteiger partial charge in [-0.2, -0.15) is 5.10 Å². The van der Waals surface area contributed by atoms with Gasteiger partial charge in [0.2, 0.25) is 5.91 Å². The summed E-state index contributed by atoms with van der Waals surface area (Å²) in [6.07, 6.45) is 2.05. The van der Waals surface area contributed by atoms with Crippen LogP contribution >= 0.6 is 0 Å². The fourth-order valence-corrected chi connectivity index (χ4v) is 3.99. The fraction of sp³-hybridized carbons (Fsp3) is 0.360. The van der Waals surface area contributed by atoms with Gasteiger partial charge in [0.05, 0.1) is 17.9 Å². The normalized spacial score (nSPS) is 15.1. The van der Waals surface area contributed by atoms with E-state index in [1.165, 1.54) is 12.1 Å². The highest BCUT2D eigenvalue weighted by molar-refractivity contribution is 5.77. The topological polar surface area (TPSA) is 44.6 Å². The number of carbonyl (C=O) groups excluding carboxylic acids is 1. The van der Waals surface area contributed by atoms with Crippen LogP contribution in [0.25, 0.3) is 16.9 Å². The molecule has 32 heavy (non-hydrogen) atoms. The summed E-state index contributed by atoms with van der Waals surface area (Å²) in [4.78, 5) is 18.2. The number of benzene rings is 2. The molecule has 1 aromatic heterocycles. The molecule has 0 N–H and O–H groups in total. The van der Waals surface area contributed by atoms with Crippen LogP contribution in [0.5, 0.6) is 0 Å². The Hall–Kier alpha value is -3.03. The van der Waals surface area contributed by atoms with Crippen LogP contribution < -0.4 is 0 Å². The molecule has 0 spiro atoms. The maximum Gasteiger partial charge on any atom is 0.236 e. The summed E-state index contributed by atoms with van der Waals surface area (Å²) in [6, 6.07) is 14.8. The molecule has 2 heterocycles. The van der Waals surface area contributed by atoms with E-state index in [0.29, 0.717) is 6.54 Å². The third-order valence-electron chi connectivity index (χ3n) is 5.87. The summed E-state index contributed by atoms with van der Waals surface area (Å²) in [5, 5.41) is 4.83. The average molecular weight is 436 g/mol. The number of carbonyl (C=O) groups is 1. The van der Waals surface area contributed by atoms with E-state index < -0.39 is 0 Å². The number of amides is 1. The molecule has 1 amide bonds. The van der Waals surface area contributed by atoms with Crippen molar-refractivity contribution in [2.75, 3.05) is 46.8 Å². The molecule has 1 saturated heterocycles. The van der Waals surface area contributed by atoms with Crippen molar-refractivity contribution in [2.24, 2.45) is 0 Å². The highest BCUT2D eigenvalue weighted by Crippen LogP contribution is 2.26. The molecule has 0 radical (unpaired) electrons. The van der Waals surface area contributed by atoms with E-state index in [1.54, 1.807) is 25.1 Å². The lowest BCUT2D eigenvalue weighted by Crippen LogP contribution is -2.48. The molecule has 6 nitrogen and oxygen atoms in total. The van der Waals surface area contributed by atoms with E-state index >= 15 is 0 Å². The largest absolute Gasteiger partial charge is 0.348 e. The molecular weight excluding hydrogens is 405 g/mol. The quantitative estimate of drug-likeness (QED) is 0.597. The molecular formula is C25H30FN5O. The van der Waals surface area contributed by atoms with Crippen molar-refractivity contribution < 1.29 is 9.18 Å². The predicted octanol–water partition coefficient (Wildman–Crippen LogP) is 3.19. The van der Waals surface area contributed by atoms with Crippen molar-refractivity contribution in [1.29, 1.82) is 0 Å². The third-order valence-corrected chi connectivity index (χ3v) is 5.87. The van der Waals surface area contributed by atoms with Crippen molar-refractivity contribution in [2.45, 2.75) is 13.5 Å². The summed E-state index contributed by atoms with van der Waals surface area (Å²) in [5.74, 6) is -0.135. The first kappa shape index (κ1) is 22.2. The van der Waals surface area contributed by atoms with Crippen LogP contribution in [0.3, 0.4) is 0 Å². The summed E-state index contributed by atoms with van der Waals surface area (Å²) in [7, 11) is 3.58. The van der Waals surface area contributed by atoms with Crippen molar-refractivity contribution in [3.8, 4) is 16.9 Å². The number of aromatic nitrogens is 2. The molecule has 0 unspecified atom stereocenters. The lowest BCUT2D eigenvalue weighted by Gasteiger charge is -2.34. The van der Waals surface area contributed by atoms with Gasteiger partial charge in [-0.05, 0) is 36.8 Å². The second-order valence-corrected chi connectivity index (χ2v) is 8.64. The van der Waals surface area contributed by atoms with Crippen molar-refractivity contribution >= 4 is 5.91 Å². The number of aryl methyl sites for hydroxylation is 1. The number of hydrogen-bond donors (Lipinski definition) is 0. The van der Waals surface area contributed by atoms with E-state index in [-0.39, 0.29) is 11.7 Å². The second kappa shape index (κ2) is 9.63. The minimum Gasteiger partial charge on any atom is -0.348 e. The average Bonchev–Trinajstić information content (AvgIpc) is 3.19. The highest BCUT2D eigenvalue weighted by atomic mass is 19.1. The molecule has 1 aliphatic heterocycles. The van der Waals surface area contributed by atoms with E-state index in [4.69, 9.17) is 5.10 Å². The maximum atomic E-state index is 13.9. The van der Waals surface area contributed by atoms with Crippen molar-refractivity contribution in [3.63, 3.8) is 0 Å². The van der Waals surface area contributed by atoms with Crippen LogP contribution in [0.1, 0.15) is 11.1 Å². The molecule has 0 atom stereocenters. The minimum absolute atomic E-state index is 0.131. The molecule has 0 bridgehead atoms. The van der Waals surface area contributed by atoms with Gasteiger partial charge in [0.25, 0.3) is 0 Å². The number of nitrogens with zero attached hydrogens (tertiary/aromatic N) is 5. The van der Waals surface area contributed by atoms with Gasteiger partial charge in [-0.25, -0.2) is 9.07 Å². The van der Waals surface area contributed by atoms with E-state index in [0.717, 1.165) is 60.8 Å². The first-order chi connectivity index (χ1) is 15.4. The Morgan fingerprint density at radius 1 is 1.03 bits per heavy atom. The first-order valence-electron chi connectivity index (χ1n) is 11.0. The van der Waals surface area contributed by atoms with Crippen molar-refractivity contribution in [3.05, 3.63) is 71.7 Å². The molecule has 1 aliphatic rings. The predicted molar refractivity (Wildman–Crippen MR) is 124 cm³/mol. The Bertz CT molecular complexity index is 1090. The van der Waals surface area contributed by atoms with Gasteiger partial charge in [0.1, 0.15) is 5.82 Å². The molecule has 1 fully saturated rings. The molecule has 3 aromatic rings. The van der Waals surface area contributed by atoms with E-state index in [2.05, 4.69) is 35.1 Å². The molecule has 0 saturated carbocycles. The third kappa shape index (κ3) is 5.23. The summed E-state index contributed by atoms with van der Waals surface area (Å²) < 4.78 is 15.8. The van der Waals surface area contributed by atoms with Gasteiger partial charge in [-0.3, -0.25) is 14.6 Å². The Morgan fingerprint density at radius 2 is 1.75 bits per heavy atom. The second-order valence-electron chi connectivity index (χ2n) is 8.64. The Balaban J connectivity index is 1.54. The van der Waals surface area contributed by atoms with Gasteiger partial charge < -0.3 is 4.90 Å². The van der Waals surface area contributed by atoms with Crippen LogP contribution in [0.15, 0.2) is 54.7 Å². The summed E-state index contributed by atoms with van der Waals surface area (Å²) >= 11 is 0. The number of hydrogen-bond acceptors (Lipinski definition) is 4. The summed E-state index contributed by atoms with van der Waals surface area (Å²) in [5.41, 5.74) is 4.80. The molecule has 4 rings (SSSR count). The van der Waals surface area contributed by atoms with Crippen LogP contribution in [0.2, 0.25) is 0 Å². The molecule has 0 aliphatic carbocycles. The Kier molecular flexibility index (Phi) is 6.67. The lowest BCUT2D eigenvalue weighted by atomic mass is 10.1. The van der Waals surface area contributed by atoms with Gasteiger partial charge in [0.15, 0.2) is 0 Å². The zero-order valence-electron chi connectivity index (χ0n) is 19.0. The van der Waals surface area contributed by atoms with Gasteiger partial charge in [-0.1, -0.05) is 24.3 Å². The Labute approximate surface area is 188 Å². The SMILES string of the molecule is Cc1cccc(-n2cc(CN3CCN(CC(=O)N(C)C)CC3)c(-c3cccc(F)c3)n2)c1. The number of halogens is 1. The van der Waals surface area contributed by atoms with Crippen LogP contribution in [0, 0.1) is 12.7 Å². The highest BCUT2D eigenvalue weighted by Gasteiger charge is 2.22. The van der Waals surface area contributed by atoms with E-state index in [1.807, 2.05) is 22.9 Å². The molecule has 7 heteroatoms. The monoisotopic (exact) mass is 435 g/mol. The minimum atomic E-state index is -0.266.